The van der Waals surface area contributed by atoms with Crippen LogP contribution >= 0.6 is 0 Å². The highest BCUT2D eigenvalue weighted by Crippen LogP contribution is 2.19. The second-order valence-corrected chi connectivity index (χ2v) is 6.81. The highest BCUT2D eigenvalue weighted by atomic mass is 19.1. The lowest BCUT2D eigenvalue weighted by Gasteiger charge is -2.35. The molecule has 0 radical (unpaired) electrons. The van der Waals surface area contributed by atoms with Gasteiger partial charge in [-0.2, -0.15) is 0 Å². The van der Waals surface area contributed by atoms with E-state index in [2.05, 4.69) is 15.1 Å². The fraction of sp³-hybridized carbons (Fsp3) is 0.227. The van der Waals surface area contributed by atoms with Crippen molar-refractivity contribution in [1.29, 1.82) is 0 Å². The Morgan fingerprint density at radius 3 is 2.21 bits per heavy atom. The molecule has 1 aromatic heterocycles. The first-order valence-electron chi connectivity index (χ1n) is 9.35. The summed E-state index contributed by atoms with van der Waals surface area (Å²) < 4.78 is 13.0. The molecule has 0 atom stereocenters. The van der Waals surface area contributed by atoms with E-state index < -0.39 is 0 Å². The first-order valence-corrected chi connectivity index (χ1v) is 9.35. The summed E-state index contributed by atoms with van der Waals surface area (Å²) in [5.41, 5.74) is 2.71. The van der Waals surface area contributed by atoms with Crippen molar-refractivity contribution in [2.75, 3.05) is 31.1 Å². The van der Waals surface area contributed by atoms with Crippen LogP contribution in [0.3, 0.4) is 0 Å². The molecule has 1 aliphatic heterocycles. The van der Waals surface area contributed by atoms with Gasteiger partial charge in [0.25, 0.3) is 0 Å². The summed E-state index contributed by atoms with van der Waals surface area (Å²) in [6, 6.07) is 20.0. The average molecular weight is 376 g/mol. The van der Waals surface area contributed by atoms with Crippen LogP contribution in [0.1, 0.15) is 5.56 Å². The zero-order valence-electron chi connectivity index (χ0n) is 15.5. The maximum atomic E-state index is 13.0. The summed E-state index contributed by atoms with van der Waals surface area (Å²) in [5, 5.41) is 8.70. The Kier molecular flexibility index (Phi) is 5.28. The zero-order valence-corrected chi connectivity index (χ0v) is 15.5. The number of hydrogen-bond acceptors (Lipinski definition) is 4. The van der Waals surface area contributed by atoms with Crippen molar-refractivity contribution in [1.82, 2.24) is 15.1 Å². The van der Waals surface area contributed by atoms with Crippen LogP contribution in [-0.2, 0) is 11.2 Å². The predicted octanol–water partition coefficient (Wildman–Crippen LogP) is 3.17. The van der Waals surface area contributed by atoms with E-state index in [0.29, 0.717) is 32.6 Å². The van der Waals surface area contributed by atoms with Gasteiger partial charge in [0.2, 0.25) is 5.91 Å². The number of nitrogens with zero attached hydrogens (tertiary/aromatic N) is 4. The van der Waals surface area contributed by atoms with Gasteiger partial charge in [-0.15, -0.1) is 10.2 Å². The van der Waals surface area contributed by atoms with Crippen molar-refractivity contribution in [3.63, 3.8) is 0 Å². The predicted molar refractivity (Wildman–Crippen MR) is 106 cm³/mol. The Hall–Kier alpha value is -3.28. The van der Waals surface area contributed by atoms with Crippen LogP contribution < -0.4 is 4.90 Å². The van der Waals surface area contributed by atoms with Crippen LogP contribution in [0.2, 0.25) is 0 Å². The third-order valence-corrected chi connectivity index (χ3v) is 4.94. The minimum Gasteiger partial charge on any atom is -0.352 e. The van der Waals surface area contributed by atoms with Gasteiger partial charge >= 0.3 is 0 Å². The van der Waals surface area contributed by atoms with Gasteiger partial charge in [0.1, 0.15) is 5.82 Å². The second-order valence-electron chi connectivity index (χ2n) is 6.81. The summed E-state index contributed by atoms with van der Waals surface area (Å²) in [6.07, 6.45) is 0.297. The van der Waals surface area contributed by atoms with E-state index in [1.165, 1.54) is 12.1 Å². The molecule has 1 saturated heterocycles. The molecule has 28 heavy (non-hydrogen) atoms. The van der Waals surface area contributed by atoms with Crippen LogP contribution in [0.5, 0.6) is 0 Å². The SMILES string of the molecule is O=C(Cc1ccc(F)cc1)N1CCN(c2ccc(-c3ccccc3)nn2)CC1. The fourth-order valence-corrected chi connectivity index (χ4v) is 3.33. The number of amides is 1. The monoisotopic (exact) mass is 376 g/mol. The zero-order chi connectivity index (χ0) is 19.3. The van der Waals surface area contributed by atoms with Gasteiger partial charge in [-0.3, -0.25) is 4.79 Å². The van der Waals surface area contributed by atoms with Crippen molar-refractivity contribution in [2.45, 2.75) is 6.42 Å². The third-order valence-electron chi connectivity index (χ3n) is 4.94. The van der Waals surface area contributed by atoms with Gasteiger partial charge in [0.05, 0.1) is 12.1 Å². The van der Waals surface area contributed by atoms with Crippen molar-refractivity contribution in [3.8, 4) is 11.3 Å². The maximum absolute atomic E-state index is 13.0. The molecule has 5 nitrogen and oxygen atoms in total. The molecule has 1 amide bonds. The van der Waals surface area contributed by atoms with Crippen LogP contribution in [0, 0.1) is 5.82 Å². The van der Waals surface area contributed by atoms with Gasteiger partial charge in [0.15, 0.2) is 5.82 Å². The highest BCUT2D eigenvalue weighted by molar-refractivity contribution is 5.79. The van der Waals surface area contributed by atoms with Gasteiger partial charge in [-0.05, 0) is 29.8 Å². The Morgan fingerprint density at radius 2 is 1.57 bits per heavy atom. The molecule has 2 heterocycles. The van der Waals surface area contributed by atoms with Crippen LogP contribution in [0.15, 0.2) is 66.7 Å². The molecule has 0 spiro atoms. The molecule has 1 aliphatic rings. The molecule has 6 heteroatoms. The highest BCUT2D eigenvalue weighted by Gasteiger charge is 2.22. The fourth-order valence-electron chi connectivity index (χ4n) is 3.33. The lowest BCUT2D eigenvalue weighted by Crippen LogP contribution is -2.49. The number of halogens is 1. The quantitative estimate of drug-likeness (QED) is 0.702. The molecular weight excluding hydrogens is 355 g/mol. The molecule has 0 saturated carbocycles. The Labute approximate surface area is 163 Å². The van der Waals surface area contributed by atoms with Crippen molar-refractivity contribution in [3.05, 3.63) is 78.1 Å². The summed E-state index contributed by atoms with van der Waals surface area (Å²) >= 11 is 0. The molecule has 1 fully saturated rings. The number of carbonyl (C=O) groups is 1. The molecule has 0 N–H and O–H groups in total. The van der Waals surface area contributed by atoms with Crippen LogP contribution in [0.25, 0.3) is 11.3 Å². The van der Waals surface area contributed by atoms with E-state index in [-0.39, 0.29) is 11.7 Å². The molecule has 142 valence electrons. The Morgan fingerprint density at radius 1 is 0.857 bits per heavy atom. The van der Waals surface area contributed by atoms with E-state index in [1.54, 1.807) is 12.1 Å². The molecular formula is C22H21FN4O. The lowest BCUT2D eigenvalue weighted by atomic mass is 10.1. The molecule has 2 aromatic carbocycles. The van der Waals surface area contributed by atoms with E-state index in [9.17, 15) is 9.18 Å². The van der Waals surface area contributed by atoms with E-state index in [1.807, 2.05) is 47.4 Å². The third kappa shape index (κ3) is 4.17. The van der Waals surface area contributed by atoms with E-state index in [4.69, 9.17) is 0 Å². The first kappa shape index (κ1) is 18.1. The number of hydrogen-bond donors (Lipinski definition) is 0. The average Bonchev–Trinajstić information content (AvgIpc) is 2.76. The molecule has 0 aliphatic carbocycles. The molecule has 0 unspecified atom stereocenters. The van der Waals surface area contributed by atoms with Gasteiger partial charge in [0, 0.05) is 31.7 Å². The topological polar surface area (TPSA) is 49.3 Å². The number of rotatable bonds is 4. The van der Waals surface area contributed by atoms with Gasteiger partial charge in [-0.25, -0.2) is 4.39 Å². The van der Waals surface area contributed by atoms with Crippen molar-refractivity contribution >= 4 is 11.7 Å². The molecule has 0 bridgehead atoms. The standard InChI is InChI=1S/C22H21FN4O/c23-19-8-6-17(7-9-19)16-22(28)27-14-12-26(13-15-27)21-11-10-20(24-25-21)18-4-2-1-3-5-18/h1-11H,12-16H2. The summed E-state index contributed by atoms with van der Waals surface area (Å²) in [7, 11) is 0. The second kappa shape index (κ2) is 8.17. The number of anilines is 1. The minimum absolute atomic E-state index is 0.0665. The van der Waals surface area contributed by atoms with Crippen LogP contribution in [-0.4, -0.2) is 47.2 Å². The first-order chi connectivity index (χ1) is 13.7. The Bertz CT molecular complexity index is 921. The van der Waals surface area contributed by atoms with E-state index >= 15 is 0 Å². The number of aromatic nitrogens is 2. The summed E-state index contributed by atoms with van der Waals surface area (Å²) in [5.74, 6) is 0.603. The number of benzene rings is 2. The van der Waals surface area contributed by atoms with Gasteiger partial charge in [-0.1, -0.05) is 42.5 Å². The molecule has 3 aromatic rings. The lowest BCUT2D eigenvalue weighted by molar-refractivity contribution is -0.130. The maximum Gasteiger partial charge on any atom is 0.227 e. The largest absolute Gasteiger partial charge is 0.352 e. The normalized spacial score (nSPS) is 14.2. The number of piperazine rings is 1. The van der Waals surface area contributed by atoms with E-state index in [0.717, 1.165) is 22.6 Å². The summed E-state index contributed by atoms with van der Waals surface area (Å²) in [4.78, 5) is 16.5. The smallest absolute Gasteiger partial charge is 0.227 e. The van der Waals surface area contributed by atoms with Crippen molar-refractivity contribution in [2.24, 2.45) is 0 Å². The number of carbonyl (C=O) groups excluding carboxylic acids is 1. The summed E-state index contributed by atoms with van der Waals surface area (Å²) in [6.45, 7) is 2.72. The van der Waals surface area contributed by atoms with Crippen LogP contribution in [0.4, 0.5) is 10.2 Å². The Balaban J connectivity index is 1.33. The minimum atomic E-state index is -0.288. The molecule has 4 rings (SSSR count). The van der Waals surface area contributed by atoms with Crippen molar-refractivity contribution < 1.29 is 9.18 Å². The van der Waals surface area contributed by atoms with Gasteiger partial charge < -0.3 is 9.80 Å².